The first-order valence-corrected chi connectivity index (χ1v) is 7.23. The van der Waals surface area contributed by atoms with Crippen LogP contribution in [0.25, 0.3) is 0 Å². The summed E-state index contributed by atoms with van der Waals surface area (Å²) >= 11 is 0. The molecule has 5 nitrogen and oxygen atoms in total. The molecule has 0 saturated carbocycles. The van der Waals surface area contributed by atoms with Gasteiger partial charge < -0.3 is 10.1 Å². The van der Waals surface area contributed by atoms with Crippen molar-refractivity contribution in [1.82, 2.24) is 15.1 Å². The third kappa shape index (κ3) is 3.82. The Hall–Kier alpha value is -1.36. The molecular formula is C15H25N3O2. The maximum Gasteiger partial charge on any atom is 0.226 e. The molecule has 0 bridgehead atoms. The smallest absolute Gasteiger partial charge is 0.226 e. The highest BCUT2D eigenvalue weighted by molar-refractivity contribution is 5.78. The number of ether oxygens (including phenoxy) is 1. The average Bonchev–Trinajstić information content (AvgIpc) is 2.94. The van der Waals surface area contributed by atoms with E-state index in [1.54, 1.807) is 4.68 Å². The van der Waals surface area contributed by atoms with E-state index in [1.165, 1.54) is 0 Å². The summed E-state index contributed by atoms with van der Waals surface area (Å²) < 4.78 is 7.53. The first kappa shape index (κ1) is 15.0. The summed E-state index contributed by atoms with van der Waals surface area (Å²) in [6.45, 7) is 8.04. The second-order valence-corrected chi connectivity index (χ2v) is 6.67. The number of aryl methyl sites for hydroxylation is 1. The monoisotopic (exact) mass is 279 g/mol. The van der Waals surface area contributed by atoms with Crippen LogP contribution in [0.4, 0.5) is 0 Å². The van der Waals surface area contributed by atoms with Crippen LogP contribution in [-0.2, 0) is 23.0 Å². The van der Waals surface area contributed by atoms with Crippen molar-refractivity contribution >= 4 is 5.91 Å². The summed E-state index contributed by atoms with van der Waals surface area (Å²) in [5.74, 6) is 0.436. The lowest BCUT2D eigenvalue weighted by Crippen LogP contribution is -2.39. The van der Waals surface area contributed by atoms with Crippen LogP contribution >= 0.6 is 0 Å². The Morgan fingerprint density at radius 1 is 1.55 bits per heavy atom. The highest BCUT2D eigenvalue weighted by Gasteiger charge is 2.37. The van der Waals surface area contributed by atoms with Gasteiger partial charge in [0, 0.05) is 32.3 Å². The zero-order valence-electron chi connectivity index (χ0n) is 12.8. The van der Waals surface area contributed by atoms with Gasteiger partial charge in [-0.2, -0.15) is 5.10 Å². The lowest BCUT2D eigenvalue weighted by molar-refractivity contribution is -0.120. The Morgan fingerprint density at radius 3 is 2.90 bits per heavy atom. The molecule has 0 radical (unpaired) electrons. The van der Waals surface area contributed by atoms with E-state index in [2.05, 4.69) is 31.2 Å². The molecule has 1 aromatic heterocycles. The Balaban J connectivity index is 1.81. The van der Waals surface area contributed by atoms with E-state index in [4.69, 9.17) is 4.74 Å². The number of carbonyl (C=O) groups excluding carboxylic acids is 1. The standard InChI is InChI=1S/C15H25N3O2/c1-15(2,3)14-11(6-8-20-14)10-16-13(19)9-12-5-7-18(4)17-12/h5,7,11,14H,6,8-10H2,1-4H3,(H,16,19)/t11-,14+/m1/s1. The number of amides is 1. The molecule has 1 aliphatic rings. The summed E-state index contributed by atoms with van der Waals surface area (Å²) in [6.07, 6.45) is 3.43. The predicted molar refractivity (Wildman–Crippen MR) is 77.2 cm³/mol. The van der Waals surface area contributed by atoms with Gasteiger partial charge in [0.2, 0.25) is 5.91 Å². The maximum absolute atomic E-state index is 11.9. The van der Waals surface area contributed by atoms with Crippen LogP contribution in [0.15, 0.2) is 12.3 Å². The Kier molecular flexibility index (Phi) is 4.48. The van der Waals surface area contributed by atoms with Crippen molar-refractivity contribution in [3.05, 3.63) is 18.0 Å². The van der Waals surface area contributed by atoms with E-state index >= 15 is 0 Å². The van der Waals surface area contributed by atoms with E-state index in [0.29, 0.717) is 18.9 Å². The number of aromatic nitrogens is 2. The fourth-order valence-electron chi connectivity index (χ4n) is 2.83. The van der Waals surface area contributed by atoms with Crippen molar-refractivity contribution < 1.29 is 9.53 Å². The van der Waals surface area contributed by atoms with Crippen LogP contribution in [0.3, 0.4) is 0 Å². The molecule has 1 aliphatic heterocycles. The number of hydrogen-bond acceptors (Lipinski definition) is 3. The van der Waals surface area contributed by atoms with Crippen LogP contribution < -0.4 is 5.32 Å². The number of carbonyl (C=O) groups is 1. The molecule has 1 amide bonds. The van der Waals surface area contributed by atoms with Gasteiger partial charge in [0.05, 0.1) is 18.2 Å². The van der Waals surface area contributed by atoms with Gasteiger partial charge in [0.1, 0.15) is 0 Å². The minimum Gasteiger partial charge on any atom is -0.377 e. The molecule has 2 atom stereocenters. The van der Waals surface area contributed by atoms with E-state index in [-0.39, 0.29) is 17.4 Å². The highest BCUT2D eigenvalue weighted by atomic mass is 16.5. The third-order valence-electron chi connectivity index (χ3n) is 3.74. The first-order chi connectivity index (χ1) is 9.36. The molecule has 20 heavy (non-hydrogen) atoms. The summed E-state index contributed by atoms with van der Waals surface area (Å²) in [5, 5.41) is 7.23. The molecule has 112 valence electrons. The lowest BCUT2D eigenvalue weighted by Gasteiger charge is -2.31. The number of nitrogens with one attached hydrogen (secondary N) is 1. The van der Waals surface area contributed by atoms with Crippen molar-refractivity contribution in [1.29, 1.82) is 0 Å². The van der Waals surface area contributed by atoms with Gasteiger partial charge in [-0.25, -0.2) is 0 Å². The van der Waals surface area contributed by atoms with Crippen LogP contribution in [-0.4, -0.2) is 34.9 Å². The van der Waals surface area contributed by atoms with E-state index in [9.17, 15) is 4.79 Å². The topological polar surface area (TPSA) is 56.2 Å². The molecule has 1 saturated heterocycles. The zero-order chi connectivity index (χ0) is 14.8. The van der Waals surface area contributed by atoms with Crippen LogP contribution in [0.5, 0.6) is 0 Å². The summed E-state index contributed by atoms with van der Waals surface area (Å²) in [4.78, 5) is 11.9. The summed E-state index contributed by atoms with van der Waals surface area (Å²) in [7, 11) is 1.85. The van der Waals surface area contributed by atoms with Crippen molar-refractivity contribution in [2.24, 2.45) is 18.4 Å². The van der Waals surface area contributed by atoms with Crippen LogP contribution in [0.1, 0.15) is 32.9 Å². The van der Waals surface area contributed by atoms with E-state index in [0.717, 1.165) is 18.7 Å². The van der Waals surface area contributed by atoms with Gasteiger partial charge in [-0.3, -0.25) is 9.48 Å². The second-order valence-electron chi connectivity index (χ2n) is 6.67. The van der Waals surface area contributed by atoms with Crippen molar-refractivity contribution in [2.45, 2.75) is 39.7 Å². The molecule has 5 heteroatoms. The van der Waals surface area contributed by atoms with Gasteiger partial charge in [0.15, 0.2) is 0 Å². The number of nitrogens with zero attached hydrogens (tertiary/aromatic N) is 2. The molecule has 0 aliphatic carbocycles. The Morgan fingerprint density at radius 2 is 2.30 bits per heavy atom. The zero-order valence-corrected chi connectivity index (χ0v) is 12.8. The second kappa shape index (κ2) is 5.95. The first-order valence-electron chi connectivity index (χ1n) is 7.23. The van der Waals surface area contributed by atoms with E-state index in [1.807, 2.05) is 19.3 Å². The fraction of sp³-hybridized carbons (Fsp3) is 0.733. The molecule has 2 rings (SSSR count). The molecule has 1 N–H and O–H groups in total. The van der Waals surface area contributed by atoms with Gasteiger partial charge in [-0.1, -0.05) is 20.8 Å². The Bertz CT molecular complexity index is 462. The van der Waals surface area contributed by atoms with Gasteiger partial charge in [-0.15, -0.1) is 0 Å². The normalized spacial score (nSPS) is 23.0. The molecule has 0 unspecified atom stereocenters. The predicted octanol–water partition coefficient (Wildman–Crippen LogP) is 1.53. The van der Waals surface area contributed by atoms with Crippen LogP contribution in [0.2, 0.25) is 0 Å². The number of hydrogen-bond donors (Lipinski definition) is 1. The van der Waals surface area contributed by atoms with Crippen LogP contribution in [0, 0.1) is 11.3 Å². The Labute approximate surface area is 120 Å². The van der Waals surface area contributed by atoms with Gasteiger partial charge >= 0.3 is 0 Å². The minimum atomic E-state index is 0.0308. The SMILES string of the molecule is Cn1ccc(CC(=O)NC[C@H]2CCO[C@@H]2C(C)(C)C)n1. The van der Waals surface area contributed by atoms with Gasteiger partial charge in [-0.05, 0) is 17.9 Å². The highest BCUT2D eigenvalue weighted by Crippen LogP contribution is 2.34. The molecule has 2 heterocycles. The average molecular weight is 279 g/mol. The fourth-order valence-corrected chi connectivity index (χ4v) is 2.83. The van der Waals surface area contributed by atoms with Gasteiger partial charge in [0.25, 0.3) is 0 Å². The summed E-state index contributed by atoms with van der Waals surface area (Å²) in [6, 6.07) is 1.87. The van der Waals surface area contributed by atoms with Crippen molar-refractivity contribution in [3.63, 3.8) is 0 Å². The maximum atomic E-state index is 11.9. The molecule has 0 spiro atoms. The molecular weight excluding hydrogens is 254 g/mol. The molecule has 0 aromatic carbocycles. The quantitative estimate of drug-likeness (QED) is 0.909. The van der Waals surface area contributed by atoms with Crippen molar-refractivity contribution in [3.8, 4) is 0 Å². The van der Waals surface area contributed by atoms with E-state index < -0.39 is 0 Å². The lowest BCUT2D eigenvalue weighted by atomic mass is 9.81. The molecule has 1 fully saturated rings. The molecule has 1 aromatic rings. The van der Waals surface area contributed by atoms with Crippen molar-refractivity contribution in [2.75, 3.05) is 13.2 Å². The number of rotatable bonds is 4. The minimum absolute atomic E-state index is 0.0308. The largest absolute Gasteiger partial charge is 0.377 e. The summed E-state index contributed by atoms with van der Waals surface area (Å²) in [5.41, 5.74) is 0.924. The third-order valence-corrected chi connectivity index (χ3v) is 3.74.